The predicted octanol–water partition coefficient (Wildman–Crippen LogP) is 3.24. The van der Waals surface area contributed by atoms with Crippen molar-refractivity contribution >= 4 is 27.5 Å². The quantitative estimate of drug-likeness (QED) is 0.722. The highest BCUT2D eigenvalue weighted by atomic mass is 32.1. The summed E-state index contributed by atoms with van der Waals surface area (Å²) in [7, 11) is 0. The fourth-order valence-electron chi connectivity index (χ4n) is 3.39. The summed E-state index contributed by atoms with van der Waals surface area (Å²) < 4.78 is 1.31. The molecule has 4 rings (SSSR count). The normalized spacial score (nSPS) is 15.8. The van der Waals surface area contributed by atoms with E-state index in [4.69, 9.17) is 0 Å². The van der Waals surface area contributed by atoms with E-state index in [2.05, 4.69) is 16.4 Å². The molecule has 142 valence electrons. The molecular formula is C21H20N4O2S. The van der Waals surface area contributed by atoms with E-state index in [1.807, 2.05) is 36.6 Å². The van der Waals surface area contributed by atoms with Crippen LogP contribution in [0.2, 0.25) is 0 Å². The Labute approximate surface area is 166 Å². The molecule has 28 heavy (non-hydrogen) atoms. The van der Waals surface area contributed by atoms with Crippen molar-refractivity contribution in [2.24, 2.45) is 5.92 Å². The summed E-state index contributed by atoms with van der Waals surface area (Å²) in [5.74, 6) is -0.171. The number of nitrogens with one attached hydrogen (secondary N) is 1. The minimum atomic E-state index is -0.881. The maximum Gasteiger partial charge on any atom is 0.263 e. The zero-order valence-electron chi connectivity index (χ0n) is 15.7. The number of amides is 1. The van der Waals surface area contributed by atoms with Crippen molar-refractivity contribution in [1.82, 2.24) is 14.9 Å². The topological polar surface area (TPSA) is 87.8 Å². The van der Waals surface area contributed by atoms with Crippen LogP contribution in [0.3, 0.4) is 0 Å². The monoisotopic (exact) mass is 392 g/mol. The second-order valence-corrected chi connectivity index (χ2v) is 8.37. The molecule has 0 saturated heterocycles. The van der Waals surface area contributed by atoms with Crippen molar-refractivity contribution in [2.45, 2.75) is 38.8 Å². The van der Waals surface area contributed by atoms with Crippen LogP contribution in [0.4, 0.5) is 0 Å². The van der Waals surface area contributed by atoms with E-state index < -0.39 is 5.54 Å². The van der Waals surface area contributed by atoms with Gasteiger partial charge in [-0.1, -0.05) is 29.8 Å². The summed E-state index contributed by atoms with van der Waals surface area (Å²) in [6, 6.07) is 10.2. The van der Waals surface area contributed by atoms with E-state index in [9.17, 15) is 14.9 Å². The number of nitriles is 1. The van der Waals surface area contributed by atoms with Crippen molar-refractivity contribution in [3.05, 3.63) is 51.9 Å². The summed E-state index contributed by atoms with van der Waals surface area (Å²) in [4.78, 5) is 30.6. The van der Waals surface area contributed by atoms with Crippen molar-refractivity contribution in [3.8, 4) is 17.2 Å². The third kappa shape index (κ3) is 3.32. The lowest BCUT2D eigenvalue weighted by Gasteiger charge is -2.23. The van der Waals surface area contributed by atoms with Crippen molar-refractivity contribution < 1.29 is 4.79 Å². The smallest absolute Gasteiger partial charge is 0.263 e. The van der Waals surface area contributed by atoms with Gasteiger partial charge in [0.05, 0.1) is 17.8 Å². The van der Waals surface area contributed by atoms with Crippen LogP contribution in [-0.4, -0.2) is 21.0 Å². The van der Waals surface area contributed by atoms with Crippen LogP contribution in [0.25, 0.3) is 21.3 Å². The highest BCUT2D eigenvalue weighted by molar-refractivity contribution is 7.17. The maximum absolute atomic E-state index is 13.1. The lowest BCUT2D eigenvalue weighted by Crippen LogP contribution is -2.48. The molecule has 1 aliphatic carbocycles. The third-order valence-electron chi connectivity index (χ3n) is 5.26. The van der Waals surface area contributed by atoms with Crippen LogP contribution in [-0.2, 0) is 11.3 Å². The van der Waals surface area contributed by atoms with Gasteiger partial charge in [0.1, 0.15) is 16.9 Å². The van der Waals surface area contributed by atoms with Crippen LogP contribution in [0.5, 0.6) is 0 Å². The molecule has 3 aromatic rings. The molecule has 2 aromatic heterocycles. The number of benzene rings is 1. The highest BCUT2D eigenvalue weighted by Gasteiger charge is 2.43. The van der Waals surface area contributed by atoms with Gasteiger partial charge in [0.2, 0.25) is 5.91 Å². The first kappa shape index (κ1) is 18.4. The number of thiophene rings is 1. The SMILES string of the molecule is Cc1ccc(-c2csc3ncn(CC(=O)NC(C)(C#N)C4CC4)c(=O)c23)cc1. The number of aromatic nitrogens is 2. The van der Waals surface area contributed by atoms with Crippen LogP contribution in [0, 0.1) is 24.2 Å². The van der Waals surface area contributed by atoms with Gasteiger partial charge in [-0.3, -0.25) is 14.2 Å². The van der Waals surface area contributed by atoms with Gasteiger partial charge in [-0.05, 0) is 38.2 Å². The predicted molar refractivity (Wildman–Crippen MR) is 109 cm³/mol. The average Bonchev–Trinajstić information content (AvgIpc) is 3.45. The van der Waals surface area contributed by atoms with Crippen LogP contribution < -0.4 is 10.9 Å². The number of fused-ring (bicyclic) bond motifs is 1. The van der Waals surface area contributed by atoms with Gasteiger partial charge in [-0.15, -0.1) is 11.3 Å². The van der Waals surface area contributed by atoms with Crippen molar-refractivity contribution in [2.75, 3.05) is 0 Å². The molecule has 2 heterocycles. The number of carbonyl (C=O) groups excluding carboxylic acids is 1. The summed E-state index contributed by atoms with van der Waals surface area (Å²) in [6.07, 6.45) is 3.28. The number of aryl methyl sites for hydroxylation is 1. The molecule has 1 fully saturated rings. The second-order valence-electron chi connectivity index (χ2n) is 7.51. The van der Waals surface area contributed by atoms with Gasteiger partial charge < -0.3 is 5.32 Å². The summed E-state index contributed by atoms with van der Waals surface area (Å²) >= 11 is 1.41. The second kappa shape index (κ2) is 6.88. The molecule has 1 saturated carbocycles. The molecule has 6 nitrogen and oxygen atoms in total. The summed E-state index contributed by atoms with van der Waals surface area (Å²) in [5, 5.41) is 14.7. The van der Waals surface area contributed by atoms with E-state index in [1.54, 1.807) is 6.92 Å². The Morgan fingerprint density at radius 2 is 2.11 bits per heavy atom. The number of hydrogen-bond donors (Lipinski definition) is 1. The molecule has 0 aliphatic heterocycles. The fourth-order valence-corrected chi connectivity index (χ4v) is 4.30. The Balaban J connectivity index is 1.65. The molecule has 7 heteroatoms. The number of carbonyl (C=O) groups is 1. The van der Waals surface area contributed by atoms with E-state index in [1.165, 1.54) is 22.2 Å². The van der Waals surface area contributed by atoms with Crippen LogP contribution in [0.1, 0.15) is 25.3 Å². The standard InChI is InChI=1S/C21H20N4O2S/c1-13-3-5-14(6-4-13)16-10-28-19-18(16)20(27)25(12-23-19)9-17(26)24-21(2,11-22)15-7-8-15/h3-6,10,12,15H,7-9H2,1-2H3,(H,24,26). The van der Waals surface area contributed by atoms with E-state index in [0.29, 0.717) is 10.2 Å². The first-order valence-corrected chi connectivity index (χ1v) is 10.0. The van der Waals surface area contributed by atoms with Gasteiger partial charge in [0, 0.05) is 10.9 Å². The average molecular weight is 392 g/mol. The van der Waals surface area contributed by atoms with E-state index in [0.717, 1.165) is 29.5 Å². The molecule has 0 spiro atoms. The summed E-state index contributed by atoms with van der Waals surface area (Å²) in [5.41, 5.74) is 1.79. The minimum absolute atomic E-state index is 0.158. The largest absolute Gasteiger partial charge is 0.336 e. The molecule has 1 N–H and O–H groups in total. The zero-order chi connectivity index (χ0) is 19.9. The lowest BCUT2D eigenvalue weighted by atomic mass is 9.98. The van der Waals surface area contributed by atoms with Crippen LogP contribution >= 0.6 is 11.3 Å². The maximum atomic E-state index is 13.1. The minimum Gasteiger partial charge on any atom is -0.336 e. The molecule has 1 aromatic carbocycles. The third-order valence-corrected chi connectivity index (χ3v) is 6.15. The van der Waals surface area contributed by atoms with E-state index in [-0.39, 0.29) is 23.9 Å². The Morgan fingerprint density at radius 3 is 2.75 bits per heavy atom. The van der Waals surface area contributed by atoms with Gasteiger partial charge >= 0.3 is 0 Å². The molecule has 0 bridgehead atoms. The number of nitrogens with zero attached hydrogens (tertiary/aromatic N) is 3. The molecule has 1 atom stereocenters. The fraction of sp³-hybridized carbons (Fsp3) is 0.333. The van der Waals surface area contributed by atoms with E-state index >= 15 is 0 Å². The Morgan fingerprint density at radius 1 is 1.39 bits per heavy atom. The Kier molecular flexibility index (Phi) is 4.52. The van der Waals surface area contributed by atoms with Crippen LogP contribution in [0.15, 0.2) is 40.8 Å². The Bertz CT molecular complexity index is 1150. The van der Waals surface area contributed by atoms with Gasteiger partial charge in [0.25, 0.3) is 5.56 Å². The number of hydrogen-bond acceptors (Lipinski definition) is 5. The molecule has 0 radical (unpaired) electrons. The van der Waals surface area contributed by atoms with Crippen molar-refractivity contribution in [1.29, 1.82) is 5.26 Å². The molecular weight excluding hydrogens is 372 g/mol. The first-order chi connectivity index (χ1) is 13.4. The zero-order valence-corrected chi connectivity index (χ0v) is 16.5. The first-order valence-electron chi connectivity index (χ1n) is 9.17. The molecule has 1 aliphatic rings. The molecule has 1 amide bonds. The van der Waals surface area contributed by atoms with Gasteiger partial charge in [0.15, 0.2) is 0 Å². The highest BCUT2D eigenvalue weighted by Crippen LogP contribution is 2.39. The number of rotatable bonds is 5. The van der Waals surface area contributed by atoms with Crippen molar-refractivity contribution in [3.63, 3.8) is 0 Å². The Hall–Kier alpha value is -2.98. The summed E-state index contributed by atoms with van der Waals surface area (Å²) in [6.45, 7) is 3.59. The lowest BCUT2D eigenvalue weighted by molar-refractivity contribution is -0.123. The van der Waals surface area contributed by atoms with Gasteiger partial charge in [-0.2, -0.15) is 5.26 Å². The molecule has 1 unspecified atom stereocenters. The van der Waals surface area contributed by atoms with Gasteiger partial charge in [-0.25, -0.2) is 4.98 Å².